The first-order chi connectivity index (χ1) is 9.24. The molecule has 98 valence electrons. The van der Waals surface area contributed by atoms with E-state index in [4.69, 9.17) is 4.74 Å². The first-order valence-corrected chi connectivity index (χ1v) is 5.77. The van der Waals surface area contributed by atoms with E-state index in [9.17, 15) is 9.59 Å². The Balaban J connectivity index is 1.78. The number of hydrogen-bond acceptors (Lipinski definition) is 4. The van der Waals surface area contributed by atoms with Crippen molar-refractivity contribution in [3.63, 3.8) is 0 Å². The van der Waals surface area contributed by atoms with Crippen molar-refractivity contribution in [3.05, 3.63) is 53.1 Å². The summed E-state index contributed by atoms with van der Waals surface area (Å²) in [5, 5.41) is 2.55. The van der Waals surface area contributed by atoms with E-state index >= 15 is 0 Å². The number of ether oxygens (including phenoxy) is 1. The molecule has 0 saturated carbocycles. The highest BCUT2D eigenvalue weighted by Gasteiger charge is 2.03. The molecule has 6 heteroatoms. The topological polar surface area (TPSA) is 84.1 Å². The Labute approximate surface area is 109 Å². The number of anilines is 1. The van der Waals surface area contributed by atoms with Gasteiger partial charge in [0, 0.05) is 6.20 Å². The summed E-state index contributed by atoms with van der Waals surface area (Å²) in [5.41, 5.74) is -0.502. The maximum atomic E-state index is 11.6. The van der Waals surface area contributed by atoms with Gasteiger partial charge in [-0.05, 0) is 18.2 Å². The molecule has 0 spiro atoms. The molecule has 0 aliphatic rings. The third kappa shape index (κ3) is 4.27. The summed E-state index contributed by atoms with van der Waals surface area (Å²) < 4.78 is 5.39. The second-order valence-corrected chi connectivity index (χ2v) is 3.75. The summed E-state index contributed by atoms with van der Waals surface area (Å²) in [6.45, 7) is 0.269. The highest BCUT2D eigenvalue weighted by molar-refractivity contribution is 5.89. The highest BCUT2D eigenvalue weighted by atomic mass is 16.5. The number of hydrogen-bond donors (Lipinski definition) is 2. The van der Waals surface area contributed by atoms with Crippen LogP contribution in [0.25, 0.3) is 0 Å². The fraction of sp³-hybridized carbons (Fsp3) is 0.154. The van der Waals surface area contributed by atoms with E-state index in [1.165, 1.54) is 12.3 Å². The molecule has 0 aliphatic carbocycles. The van der Waals surface area contributed by atoms with Gasteiger partial charge in [0.05, 0.1) is 13.0 Å². The van der Waals surface area contributed by atoms with Crippen molar-refractivity contribution in [2.24, 2.45) is 0 Å². The number of rotatable bonds is 5. The summed E-state index contributed by atoms with van der Waals surface area (Å²) in [7, 11) is 0. The number of carbonyl (C=O) groups is 1. The predicted octanol–water partition coefficient (Wildman–Crippen LogP) is 1.18. The third-order valence-corrected chi connectivity index (χ3v) is 2.29. The van der Waals surface area contributed by atoms with Crippen LogP contribution >= 0.6 is 0 Å². The minimum atomic E-state index is -0.502. The molecule has 0 unspecified atom stereocenters. The van der Waals surface area contributed by atoms with Crippen LogP contribution in [0.15, 0.2) is 47.4 Å². The van der Waals surface area contributed by atoms with Crippen LogP contribution in [-0.2, 0) is 4.79 Å². The molecule has 0 bridgehead atoms. The van der Waals surface area contributed by atoms with E-state index < -0.39 is 5.69 Å². The van der Waals surface area contributed by atoms with Gasteiger partial charge in [0.25, 0.3) is 0 Å². The van der Waals surface area contributed by atoms with Crippen molar-refractivity contribution >= 4 is 11.7 Å². The van der Waals surface area contributed by atoms with Gasteiger partial charge in [-0.2, -0.15) is 0 Å². The fourth-order valence-electron chi connectivity index (χ4n) is 1.43. The van der Waals surface area contributed by atoms with Crippen LogP contribution in [0.1, 0.15) is 6.42 Å². The monoisotopic (exact) mass is 259 g/mol. The average Bonchev–Trinajstić information content (AvgIpc) is 2.40. The van der Waals surface area contributed by atoms with Crippen LogP contribution in [0, 0.1) is 0 Å². The zero-order valence-electron chi connectivity index (χ0n) is 10.1. The number of amides is 1. The molecule has 2 N–H and O–H groups in total. The lowest BCUT2D eigenvalue weighted by molar-refractivity contribution is -0.116. The molecule has 2 aromatic rings. The number of aromatic nitrogens is 2. The van der Waals surface area contributed by atoms with Crippen molar-refractivity contribution in [2.45, 2.75) is 6.42 Å². The van der Waals surface area contributed by atoms with Gasteiger partial charge in [-0.25, -0.2) is 9.78 Å². The number of benzene rings is 1. The van der Waals surface area contributed by atoms with E-state index in [1.54, 1.807) is 0 Å². The standard InChI is InChI=1S/C13H13N3O3/c17-12(15-11-6-8-14-13(18)16-11)7-9-19-10-4-2-1-3-5-10/h1-6,8H,7,9H2,(H2,14,15,16,17,18). The molecule has 0 aliphatic heterocycles. The number of nitrogens with zero attached hydrogens (tertiary/aromatic N) is 1. The van der Waals surface area contributed by atoms with Gasteiger partial charge < -0.3 is 10.1 Å². The van der Waals surface area contributed by atoms with E-state index in [0.717, 1.165) is 0 Å². The number of aromatic amines is 1. The van der Waals surface area contributed by atoms with Crippen molar-refractivity contribution in [1.82, 2.24) is 9.97 Å². The molecule has 6 nitrogen and oxygen atoms in total. The van der Waals surface area contributed by atoms with Crippen LogP contribution < -0.4 is 15.7 Å². The molecule has 1 amide bonds. The van der Waals surface area contributed by atoms with Crippen molar-refractivity contribution in [1.29, 1.82) is 0 Å². The van der Waals surface area contributed by atoms with Crippen molar-refractivity contribution in [3.8, 4) is 5.75 Å². The molecular formula is C13H13N3O3. The Bertz CT molecular complexity index is 595. The number of H-pyrrole nitrogens is 1. The maximum absolute atomic E-state index is 11.6. The maximum Gasteiger partial charge on any atom is 0.346 e. The molecule has 0 atom stereocenters. The SMILES string of the molecule is O=C(CCOc1ccccc1)Nc1ccnc(=O)[nH]1. The minimum Gasteiger partial charge on any atom is -0.493 e. The molecule has 1 heterocycles. The zero-order chi connectivity index (χ0) is 13.5. The molecule has 1 aromatic carbocycles. The molecular weight excluding hydrogens is 246 g/mol. The summed E-state index contributed by atoms with van der Waals surface area (Å²) >= 11 is 0. The number of para-hydroxylation sites is 1. The van der Waals surface area contributed by atoms with E-state index in [0.29, 0.717) is 11.6 Å². The molecule has 19 heavy (non-hydrogen) atoms. The Hall–Kier alpha value is -2.63. The van der Waals surface area contributed by atoms with Gasteiger partial charge >= 0.3 is 5.69 Å². The quantitative estimate of drug-likeness (QED) is 0.844. The van der Waals surface area contributed by atoms with Crippen LogP contribution in [0.4, 0.5) is 5.82 Å². The lowest BCUT2D eigenvalue weighted by Gasteiger charge is -2.06. The van der Waals surface area contributed by atoms with E-state index in [1.807, 2.05) is 30.3 Å². The Morgan fingerprint density at radius 2 is 2.05 bits per heavy atom. The molecule has 0 radical (unpaired) electrons. The predicted molar refractivity (Wildman–Crippen MR) is 70.0 cm³/mol. The van der Waals surface area contributed by atoms with Crippen LogP contribution in [-0.4, -0.2) is 22.5 Å². The van der Waals surface area contributed by atoms with Gasteiger partial charge in [-0.15, -0.1) is 0 Å². The van der Waals surface area contributed by atoms with E-state index in [2.05, 4.69) is 15.3 Å². The molecule has 1 aromatic heterocycles. The Kier molecular flexibility index (Phi) is 4.28. The Morgan fingerprint density at radius 3 is 2.79 bits per heavy atom. The summed E-state index contributed by atoms with van der Waals surface area (Å²) in [5.74, 6) is 0.801. The summed E-state index contributed by atoms with van der Waals surface area (Å²) in [6, 6.07) is 10.8. The molecule has 2 rings (SSSR count). The van der Waals surface area contributed by atoms with E-state index in [-0.39, 0.29) is 18.9 Å². The lowest BCUT2D eigenvalue weighted by atomic mass is 10.3. The van der Waals surface area contributed by atoms with Crippen LogP contribution in [0.3, 0.4) is 0 Å². The van der Waals surface area contributed by atoms with Gasteiger partial charge in [0.15, 0.2) is 0 Å². The van der Waals surface area contributed by atoms with Gasteiger partial charge in [0.1, 0.15) is 11.6 Å². The first-order valence-electron chi connectivity index (χ1n) is 5.77. The van der Waals surface area contributed by atoms with Crippen LogP contribution in [0.2, 0.25) is 0 Å². The zero-order valence-corrected chi connectivity index (χ0v) is 10.1. The summed E-state index contributed by atoms with van der Waals surface area (Å²) in [4.78, 5) is 28.4. The number of carbonyl (C=O) groups excluding carboxylic acids is 1. The van der Waals surface area contributed by atoms with Gasteiger partial charge in [-0.3, -0.25) is 9.78 Å². The average molecular weight is 259 g/mol. The van der Waals surface area contributed by atoms with Crippen LogP contribution in [0.5, 0.6) is 5.75 Å². The van der Waals surface area contributed by atoms with Gasteiger partial charge in [0.2, 0.25) is 5.91 Å². The molecule has 0 saturated heterocycles. The smallest absolute Gasteiger partial charge is 0.346 e. The fourth-order valence-corrected chi connectivity index (χ4v) is 1.43. The minimum absolute atomic E-state index is 0.194. The second-order valence-electron chi connectivity index (χ2n) is 3.75. The highest BCUT2D eigenvalue weighted by Crippen LogP contribution is 2.08. The normalized spacial score (nSPS) is 9.89. The molecule has 0 fully saturated rings. The second kappa shape index (κ2) is 6.34. The third-order valence-electron chi connectivity index (χ3n) is 2.29. The summed E-state index contributed by atoms with van der Waals surface area (Å²) in [6.07, 6.45) is 1.52. The Morgan fingerprint density at radius 1 is 1.26 bits per heavy atom. The lowest BCUT2D eigenvalue weighted by Crippen LogP contribution is -2.19. The van der Waals surface area contributed by atoms with Crippen molar-refractivity contribution < 1.29 is 9.53 Å². The first kappa shape index (κ1) is 12.8. The largest absolute Gasteiger partial charge is 0.493 e. The van der Waals surface area contributed by atoms with Crippen molar-refractivity contribution in [2.75, 3.05) is 11.9 Å². The number of nitrogens with one attached hydrogen (secondary N) is 2. The van der Waals surface area contributed by atoms with Gasteiger partial charge in [-0.1, -0.05) is 18.2 Å².